The Morgan fingerprint density at radius 1 is 1.00 bits per heavy atom. The van der Waals surface area contributed by atoms with Crippen molar-refractivity contribution in [2.24, 2.45) is 0 Å². The Hall–Kier alpha value is -3.19. The zero-order valence-electron chi connectivity index (χ0n) is 14.4. The Balaban J connectivity index is 1.58. The van der Waals surface area contributed by atoms with Gasteiger partial charge in [-0.05, 0) is 36.4 Å². The normalized spacial score (nSPS) is 12.7. The largest absolute Gasteiger partial charge is 0.335 e. The van der Waals surface area contributed by atoms with E-state index in [9.17, 15) is 19.2 Å². The fourth-order valence-corrected chi connectivity index (χ4v) is 2.80. The van der Waals surface area contributed by atoms with Crippen molar-refractivity contribution in [1.82, 2.24) is 9.80 Å². The van der Waals surface area contributed by atoms with Crippen LogP contribution in [0, 0.1) is 0 Å². The Bertz CT molecular complexity index is 892. The molecule has 1 N–H and O–H groups in total. The van der Waals surface area contributed by atoms with E-state index in [4.69, 9.17) is 11.6 Å². The van der Waals surface area contributed by atoms with Crippen LogP contribution in [0.1, 0.15) is 20.7 Å². The average molecular weight is 386 g/mol. The monoisotopic (exact) mass is 385 g/mol. The maximum absolute atomic E-state index is 12.4. The van der Waals surface area contributed by atoms with Crippen molar-refractivity contribution in [1.29, 1.82) is 0 Å². The van der Waals surface area contributed by atoms with E-state index >= 15 is 0 Å². The van der Waals surface area contributed by atoms with Gasteiger partial charge in [0.15, 0.2) is 0 Å². The molecule has 0 saturated heterocycles. The van der Waals surface area contributed by atoms with E-state index in [1.807, 2.05) is 0 Å². The molecule has 0 unspecified atom stereocenters. The van der Waals surface area contributed by atoms with Crippen molar-refractivity contribution in [2.45, 2.75) is 0 Å². The second-order valence-corrected chi connectivity index (χ2v) is 6.48. The molecule has 1 aliphatic heterocycles. The van der Waals surface area contributed by atoms with Gasteiger partial charge in [-0.15, -0.1) is 0 Å². The molecule has 0 radical (unpaired) electrons. The van der Waals surface area contributed by atoms with Gasteiger partial charge in [-0.3, -0.25) is 24.1 Å². The summed E-state index contributed by atoms with van der Waals surface area (Å²) in [6.07, 6.45) is 0. The smallest absolute Gasteiger partial charge is 0.262 e. The minimum Gasteiger partial charge on any atom is -0.335 e. The van der Waals surface area contributed by atoms with E-state index < -0.39 is 30.2 Å². The van der Waals surface area contributed by atoms with Gasteiger partial charge in [-0.25, -0.2) is 0 Å². The third-order valence-corrected chi connectivity index (χ3v) is 4.36. The molecule has 0 aromatic heterocycles. The lowest BCUT2D eigenvalue weighted by Gasteiger charge is -2.20. The second kappa shape index (κ2) is 7.59. The highest BCUT2D eigenvalue weighted by atomic mass is 35.5. The molecule has 3 rings (SSSR count). The van der Waals surface area contributed by atoms with Crippen LogP contribution in [0.2, 0.25) is 5.02 Å². The van der Waals surface area contributed by atoms with E-state index in [0.717, 1.165) is 9.80 Å². The first kappa shape index (κ1) is 18.6. The van der Waals surface area contributed by atoms with Gasteiger partial charge < -0.3 is 10.2 Å². The first-order valence-electron chi connectivity index (χ1n) is 8.11. The maximum atomic E-state index is 12.4. The molecule has 1 heterocycles. The first-order chi connectivity index (χ1) is 12.9. The Morgan fingerprint density at radius 2 is 1.56 bits per heavy atom. The van der Waals surface area contributed by atoms with Crippen LogP contribution in [0.15, 0.2) is 48.5 Å². The van der Waals surface area contributed by atoms with Crippen molar-refractivity contribution >= 4 is 40.9 Å². The number of carbonyl (C=O) groups is 4. The number of fused-ring (bicyclic) bond motifs is 1. The maximum Gasteiger partial charge on any atom is 0.262 e. The molecule has 4 amide bonds. The molecule has 8 heteroatoms. The molecular weight excluding hydrogens is 370 g/mol. The highest BCUT2D eigenvalue weighted by Crippen LogP contribution is 2.22. The number of hydrogen-bond donors (Lipinski definition) is 1. The summed E-state index contributed by atoms with van der Waals surface area (Å²) in [7, 11) is 1.43. The molecule has 0 spiro atoms. The van der Waals surface area contributed by atoms with Crippen LogP contribution in [0.4, 0.5) is 5.69 Å². The van der Waals surface area contributed by atoms with Gasteiger partial charge >= 0.3 is 0 Å². The topological polar surface area (TPSA) is 86.8 Å². The van der Waals surface area contributed by atoms with Crippen molar-refractivity contribution < 1.29 is 19.2 Å². The third kappa shape index (κ3) is 3.98. The number of imide groups is 1. The van der Waals surface area contributed by atoms with Crippen LogP contribution in [0.5, 0.6) is 0 Å². The number of carbonyl (C=O) groups excluding carboxylic acids is 4. The summed E-state index contributed by atoms with van der Waals surface area (Å²) in [4.78, 5) is 51.1. The molecule has 2 aromatic rings. The lowest BCUT2D eigenvalue weighted by molar-refractivity contribution is -0.133. The fraction of sp³-hybridized carbons (Fsp3) is 0.158. The molecular formula is C19H16ClN3O4. The van der Waals surface area contributed by atoms with Crippen molar-refractivity contribution in [3.63, 3.8) is 0 Å². The Labute approximate surface area is 160 Å². The Kier molecular flexibility index (Phi) is 5.23. The minimum atomic E-state index is -0.518. The number of rotatable bonds is 5. The summed E-state index contributed by atoms with van der Waals surface area (Å²) in [6, 6.07) is 12.9. The van der Waals surface area contributed by atoms with Crippen molar-refractivity contribution in [2.75, 3.05) is 25.5 Å². The summed E-state index contributed by atoms with van der Waals surface area (Å²) in [5.74, 6) is -1.95. The average Bonchev–Trinajstić information content (AvgIpc) is 2.89. The van der Waals surface area contributed by atoms with Gasteiger partial charge in [0, 0.05) is 17.8 Å². The second-order valence-electron chi connectivity index (χ2n) is 6.05. The summed E-state index contributed by atoms with van der Waals surface area (Å²) >= 11 is 5.79. The van der Waals surface area contributed by atoms with Crippen molar-refractivity contribution in [3.05, 3.63) is 64.7 Å². The zero-order chi connectivity index (χ0) is 19.6. The third-order valence-electron chi connectivity index (χ3n) is 4.11. The quantitative estimate of drug-likeness (QED) is 0.798. The van der Waals surface area contributed by atoms with Gasteiger partial charge in [0.25, 0.3) is 11.8 Å². The number of hydrogen-bond acceptors (Lipinski definition) is 4. The van der Waals surface area contributed by atoms with Crippen LogP contribution < -0.4 is 5.32 Å². The number of amides is 4. The van der Waals surface area contributed by atoms with Crippen LogP contribution >= 0.6 is 11.6 Å². The molecule has 0 saturated carbocycles. The molecule has 1 aliphatic rings. The number of anilines is 1. The van der Waals surface area contributed by atoms with E-state index in [1.54, 1.807) is 48.5 Å². The summed E-state index contributed by atoms with van der Waals surface area (Å²) in [5, 5.41) is 3.18. The van der Waals surface area contributed by atoms with Crippen LogP contribution in [-0.2, 0) is 9.59 Å². The highest BCUT2D eigenvalue weighted by Gasteiger charge is 2.36. The summed E-state index contributed by atoms with van der Waals surface area (Å²) in [5.41, 5.74) is 1.10. The fourth-order valence-electron chi connectivity index (χ4n) is 2.68. The minimum absolute atomic E-state index is 0.218. The molecule has 27 heavy (non-hydrogen) atoms. The SMILES string of the molecule is CN(CC(=O)Nc1ccc(Cl)cc1)C(=O)CN1C(=O)c2ccccc2C1=O. The number of nitrogens with zero attached hydrogens (tertiary/aromatic N) is 2. The van der Waals surface area contributed by atoms with E-state index in [1.165, 1.54) is 7.05 Å². The van der Waals surface area contributed by atoms with Crippen LogP contribution in [0.25, 0.3) is 0 Å². The van der Waals surface area contributed by atoms with Gasteiger partial charge in [-0.1, -0.05) is 23.7 Å². The number of halogens is 1. The lowest BCUT2D eigenvalue weighted by Crippen LogP contribution is -2.43. The number of nitrogens with one attached hydrogen (secondary N) is 1. The zero-order valence-corrected chi connectivity index (χ0v) is 15.2. The van der Waals surface area contributed by atoms with E-state index in [0.29, 0.717) is 10.7 Å². The predicted molar refractivity (Wildman–Crippen MR) is 99.5 cm³/mol. The number of likely N-dealkylation sites (N-methyl/N-ethyl adjacent to an activating group) is 1. The molecule has 0 atom stereocenters. The molecule has 0 aliphatic carbocycles. The van der Waals surface area contributed by atoms with Crippen molar-refractivity contribution in [3.8, 4) is 0 Å². The molecule has 0 bridgehead atoms. The van der Waals surface area contributed by atoms with Crippen LogP contribution in [-0.4, -0.2) is 53.6 Å². The molecule has 2 aromatic carbocycles. The lowest BCUT2D eigenvalue weighted by atomic mass is 10.1. The molecule has 0 fully saturated rings. The number of benzene rings is 2. The highest BCUT2D eigenvalue weighted by molar-refractivity contribution is 6.30. The molecule has 7 nitrogen and oxygen atoms in total. The Morgan fingerprint density at radius 3 is 2.11 bits per heavy atom. The molecule has 138 valence electrons. The van der Waals surface area contributed by atoms with E-state index in [-0.39, 0.29) is 17.7 Å². The summed E-state index contributed by atoms with van der Waals surface area (Å²) < 4.78 is 0. The first-order valence-corrected chi connectivity index (χ1v) is 8.49. The van der Waals surface area contributed by atoms with Gasteiger partial charge in [0.05, 0.1) is 17.7 Å². The van der Waals surface area contributed by atoms with Gasteiger partial charge in [-0.2, -0.15) is 0 Å². The summed E-state index contributed by atoms with van der Waals surface area (Å²) in [6.45, 7) is -0.637. The standard InChI is InChI=1S/C19H16ClN3O4/c1-22(10-16(24)21-13-8-6-12(20)7-9-13)17(25)11-23-18(26)14-4-2-3-5-15(14)19(23)27/h2-9H,10-11H2,1H3,(H,21,24). The predicted octanol–water partition coefficient (Wildman–Crippen LogP) is 2.03. The van der Waals surface area contributed by atoms with Gasteiger partial charge in [0.1, 0.15) is 6.54 Å². The van der Waals surface area contributed by atoms with E-state index in [2.05, 4.69) is 5.32 Å². The van der Waals surface area contributed by atoms with Crippen LogP contribution in [0.3, 0.4) is 0 Å². The van der Waals surface area contributed by atoms with Gasteiger partial charge in [0.2, 0.25) is 11.8 Å².